The zero-order chi connectivity index (χ0) is 20.1. The van der Waals surface area contributed by atoms with E-state index >= 15 is 0 Å². The zero-order valence-corrected chi connectivity index (χ0v) is 17.5. The number of nitrogens with one attached hydrogen (secondary N) is 1. The molecule has 1 saturated carbocycles. The molecule has 1 spiro atoms. The van der Waals surface area contributed by atoms with Crippen LogP contribution in [0.1, 0.15) is 47.5 Å². The van der Waals surface area contributed by atoms with Crippen LogP contribution >= 0.6 is 0 Å². The lowest BCUT2D eigenvalue weighted by molar-refractivity contribution is -0.0111. The van der Waals surface area contributed by atoms with Gasteiger partial charge in [0.05, 0.1) is 6.20 Å². The molecule has 2 aromatic heterocycles. The Hall–Kier alpha value is -2.51. The molecule has 156 valence electrons. The first-order valence-corrected chi connectivity index (χ1v) is 11.1. The molecule has 3 fully saturated rings. The van der Waals surface area contributed by atoms with Crippen molar-refractivity contribution in [1.82, 2.24) is 34.8 Å². The van der Waals surface area contributed by atoms with Crippen LogP contribution < -0.4 is 0 Å². The lowest BCUT2D eigenvalue weighted by Crippen LogP contribution is -2.59. The van der Waals surface area contributed by atoms with Crippen molar-refractivity contribution in [2.45, 2.75) is 37.8 Å². The fourth-order valence-electron chi connectivity index (χ4n) is 5.47. The molecule has 4 heterocycles. The first-order chi connectivity index (χ1) is 14.7. The third kappa shape index (κ3) is 3.36. The highest BCUT2D eigenvalue weighted by Crippen LogP contribution is 2.49. The monoisotopic (exact) mass is 403 g/mol. The van der Waals surface area contributed by atoms with E-state index in [1.165, 1.54) is 24.0 Å². The van der Waals surface area contributed by atoms with Crippen LogP contribution in [0.3, 0.4) is 0 Å². The maximum absolute atomic E-state index is 4.96. The highest BCUT2D eigenvalue weighted by atomic mass is 15.3. The Bertz CT molecular complexity index is 1010. The molecular weight excluding hydrogens is 374 g/mol. The molecule has 2 aliphatic heterocycles. The first kappa shape index (κ1) is 18.3. The number of H-pyrrole nitrogens is 1. The average molecular weight is 404 g/mol. The normalized spacial score (nSPS) is 23.8. The third-order valence-corrected chi connectivity index (χ3v) is 7.00. The highest BCUT2D eigenvalue weighted by molar-refractivity contribution is 5.21. The Morgan fingerprint density at radius 2 is 1.80 bits per heavy atom. The summed E-state index contributed by atoms with van der Waals surface area (Å²) in [4.78, 5) is 10.1. The van der Waals surface area contributed by atoms with E-state index in [1.807, 2.05) is 17.9 Å². The van der Waals surface area contributed by atoms with Gasteiger partial charge in [-0.1, -0.05) is 30.3 Å². The molecule has 1 atom stereocenters. The van der Waals surface area contributed by atoms with E-state index < -0.39 is 0 Å². The summed E-state index contributed by atoms with van der Waals surface area (Å²) >= 11 is 0. The molecule has 3 aromatic rings. The minimum atomic E-state index is 0.261. The van der Waals surface area contributed by atoms with E-state index in [0.29, 0.717) is 11.8 Å². The molecule has 30 heavy (non-hydrogen) atoms. The summed E-state index contributed by atoms with van der Waals surface area (Å²) in [5.74, 6) is 3.16. The van der Waals surface area contributed by atoms with Gasteiger partial charge in [-0.15, -0.1) is 0 Å². The highest BCUT2D eigenvalue weighted by Gasteiger charge is 2.55. The average Bonchev–Trinajstić information content (AvgIpc) is 3.13. The van der Waals surface area contributed by atoms with E-state index in [1.54, 1.807) is 0 Å². The smallest absolute Gasteiger partial charge is 0.153 e. The zero-order valence-electron chi connectivity index (χ0n) is 17.5. The summed E-state index contributed by atoms with van der Waals surface area (Å²) < 4.78 is 1.89. The lowest BCUT2D eigenvalue weighted by Gasteiger charge is -2.50. The second-order valence-corrected chi connectivity index (χ2v) is 9.59. The molecule has 6 rings (SSSR count). The SMILES string of the molecule is Cn1cc(CN2CC3(CN(Cc4ccccc4)CC3c3nc(C4CC4)n[nH]3)C2)cn1. The molecule has 0 bridgehead atoms. The molecule has 3 aliphatic rings. The largest absolute Gasteiger partial charge is 0.298 e. The fourth-order valence-corrected chi connectivity index (χ4v) is 5.47. The van der Waals surface area contributed by atoms with Gasteiger partial charge in [-0.3, -0.25) is 19.6 Å². The Morgan fingerprint density at radius 1 is 1.03 bits per heavy atom. The molecule has 1 aromatic carbocycles. The van der Waals surface area contributed by atoms with E-state index in [2.05, 4.69) is 61.6 Å². The van der Waals surface area contributed by atoms with Gasteiger partial charge in [0, 0.05) is 75.3 Å². The second kappa shape index (κ2) is 7.03. The van der Waals surface area contributed by atoms with Crippen LogP contribution in [0, 0.1) is 5.41 Å². The van der Waals surface area contributed by atoms with Gasteiger partial charge < -0.3 is 0 Å². The molecule has 2 saturated heterocycles. The van der Waals surface area contributed by atoms with Crippen LogP contribution in [-0.2, 0) is 20.1 Å². The van der Waals surface area contributed by atoms with Crippen molar-refractivity contribution in [2.24, 2.45) is 12.5 Å². The Morgan fingerprint density at radius 3 is 2.53 bits per heavy atom. The predicted molar refractivity (Wildman–Crippen MR) is 114 cm³/mol. The van der Waals surface area contributed by atoms with E-state index in [-0.39, 0.29) is 5.41 Å². The van der Waals surface area contributed by atoms with Crippen LogP contribution in [-0.4, -0.2) is 60.9 Å². The number of aromatic nitrogens is 5. The van der Waals surface area contributed by atoms with Gasteiger partial charge in [-0.25, -0.2) is 4.98 Å². The number of benzene rings is 1. The molecule has 7 nitrogen and oxygen atoms in total. The summed E-state index contributed by atoms with van der Waals surface area (Å²) in [7, 11) is 1.98. The number of nitrogens with zero attached hydrogens (tertiary/aromatic N) is 6. The van der Waals surface area contributed by atoms with Crippen LogP contribution in [0.2, 0.25) is 0 Å². The van der Waals surface area contributed by atoms with E-state index in [9.17, 15) is 0 Å². The number of hydrogen-bond donors (Lipinski definition) is 1. The summed E-state index contributed by atoms with van der Waals surface area (Å²) in [6.45, 7) is 6.37. The minimum absolute atomic E-state index is 0.261. The van der Waals surface area contributed by atoms with Gasteiger partial charge in [0.1, 0.15) is 5.82 Å². The predicted octanol–water partition coefficient (Wildman–Crippen LogP) is 2.52. The topological polar surface area (TPSA) is 65.9 Å². The maximum atomic E-state index is 4.96. The molecule has 7 heteroatoms. The van der Waals surface area contributed by atoms with E-state index in [4.69, 9.17) is 4.98 Å². The number of aryl methyl sites for hydroxylation is 1. The van der Waals surface area contributed by atoms with Crippen molar-refractivity contribution in [1.29, 1.82) is 0 Å². The molecule has 0 radical (unpaired) electrons. The molecule has 1 N–H and O–H groups in total. The molecular formula is C23H29N7. The van der Waals surface area contributed by atoms with Crippen molar-refractivity contribution in [2.75, 3.05) is 26.2 Å². The van der Waals surface area contributed by atoms with Gasteiger partial charge >= 0.3 is 0 Å². The molecule has 1 aliphatic carbocycles. The summed E-state index contributed by atoms with van der Waals surface area (Å²) in [5.41, 5.74) is 2.94. The quantitative estimate of drug-likeness (QED) is 0.685. The van der Waals surface area contributed by atoms with Gasteiger partial charge in [-0.05, 0) is 18.4 Å². The number of aromatic amines is 1. The maximum Gasteiger partial charge on any atom is 0.153 e. The van der Waals surface area contributed by atoms with Crippen molar-refractivity contribution in [3.63, 3.8) is 0 Å². The molecule has 1 unspecified atom stereocenters. The lowest BCUT2D eigenvalue weighted by atomic mass is 9.71. The minimum Gasteiger partial charge on any atom is -0.298 e. The summed E-state index contributed by atoms with van der Waals surface area (Å²) in [5, 5.41) is 12.2. The Labute approximate surface area is 177 Å². The fraction of sp³-hybridized carbons (Fsp3) is 0.522. The Balaban J connectivity index is 1.21. The standard InChI is InChI=1S/C23H29N7/c1-28-10-18(9-24-28)12-30-15-23(16-30)14-29(11-17-5-3-2-4-6-17)13-20(23)22-25-21(26-27-22)19-7-8-19/h2-6,9-10,19-20H,7-8,11-16H2,1H3,(H,25,26,27). The first-order valence-electron chi connectivity index (χ1n) is 11.1. The van der Waals surface area contributed by atoms with Crippen LogP contribution in [0.4, 0.5) is 0 Å². The summed E-state index contributed by atoms with van der Waals surface area (Å²) in [6, 6.07) is 10.8. The van der Waals surface area contributed by atoms with Gasteiger partial charge in [0.15, 0.2) is 5.82 Å². The van der Waals surface area contributed by atoms with Crippen molar-refractivity contribution >= 4 is 0 Å². The van der Waals surface area contributed by atoms with Gasteiger partial charge in [0.2, 0.25) is 0 Å². The van der Waals surface area contributed by atoms with Crippen LogP contribution in [0.15, 0.2) is 42.7 Å². The van der Waals surface area contributed by atoms with E-state index in [0.717, 1.165) is 50.9 Å². The van der Waals surface area contributed by atoms with Gasteiger partial charge in [-0.2, -0.15) is 10.2 Å². The Kier molecular flexibility index (Phi) is 4.28. The molecule has 0 amide bonds. The van der Waals surface area contributed by atoms with Crippen LogP contribution in [0.5, 0.6) is 0 Å². The third-order valence-electron chi connectivity index (χ3n) is 7.00. The van der Waals surface area contributed by atoms with Crippen molar-refractivity contribution < 1.29 is 0 Å². The number of hydrogen-bond acceptors (Lipinski definition) is 5. The van der Waals surface area contributed by atoms with Gasteiger partial charge in [0.25, 0.3) is 0 Å². The van der Waals surface area contributed by atoms with Crippen molar-refractivity contribution in [3.05, 3.63) is 65.5 Å². The summed E-state index contributed by atoms with van der Waals surface area (Å²) in [6.07, 6.45) is 6.59. The second-order valence-electron chi connectivity index (χ2n) is 9.59. The van der Waals surface area contributed by atoms with Crippen molar-refractivity contribution in [3.8, 4) is 0 Å². The number of rotatable bonds is 6. The number of likely N-dealkylation sites (tertiary alicyclic amines) is 2. The van der Waals surface area contributed by atoms with Crippen LogP contribution in [0.25, 0.3) is 0 Å².